The normalized spacial score (nSPS) is 11.3. The van der Waals surface area contributed by atoms with Crippen molar-refractivity contribution in [3.8, 4) is 0 Å². The molecule has 0 aromatic rings. The van der Waals surface area contributed by atoms with E-state index in [9.17, 15) is 9.59 Å². The molecule has 4 heteroatoms. The maximum absolute atomic E-state index is 11.3. The van der Waals surface area contributed by atoms with Crippen LogP contribution in [0.5, 0.6) is 0 Å². The summed E-state index contributed by atoms with van der Waals surface area (Å²) in [6.07, 6.45) is 2.47. The van der Waals surface area contributed by atoms with Gasteiger partial charge in [0.25, 0.3) is 0 Å². The molecule has 0 aromatic carbocycles. The van der Waals surface area contributed by atoms with Crippen molar-refractivity contribution in [2.75, 3.05) is 0 Å². The van der Waals surface area contributed by atoms with E-state index in [2.05, 4.69) is 6.58 Å². The van der Waals surface area contributed by atoms with Gasteiger partial charge in [-0.15, -0.1) is 0 Å². The number of carboxylic acids is 1. The van der Waals surface area contributed by atoms with E-state index in [0.717, 1.165) is 6.08 Å². The molecule has 0 aliphatic heterocycles. The number of hydrogen-bond acceptors (Lipinski definition) is 2. The van der Waals surface area contributed by atoms with Gasteiger partial charge in [-0.1, -0.05) is 6.58 Å². The minimum Gasteiger partial charge on any atom is -0.478 e. The zero-order chi connectivity index (χ0) is 11.3. The average Bonchev–Trinajstić information content (AvgIpc) is 2.11. The molecule has 0 saturated heterocycles. The van der Waals surface area contributed by atoms with Crippen molar-refractivity contribution < 1.29 is 14.7 Å². The number of carbonyl (C=O) groups is 2. The first kappa shape index (κ1) is 12.4. The van der Waals surface area contributed by atoms with E-state index >= 15 is 0 Å². The predicted octanol–water partition coefficient (Wildman–Crippen LogP) is 1.40. The highest BCUT2D eigenvalue weighted by atomic mass is 16.4. The summed E-state index contributed by atoms with van der Waals surface area (Å²) in [4.78, 5) is 23.1. The molecule has 0 radical (unpaired) electrons. The van der Waals surface area contributed by atoms with Crippen molar-refractivity contribution >= 4 is 11.9 Å². The molecule has 0 unspecified atom stereocenters. The van der Waals surface area contributed by atoms with Crippen LogP contribution in [-0.2, 0) is 9.59 Å². The van der Waals surface area contributed by atoms with Gasteiger partial charge in [0.1, 0.15) is 0 Å². The fourth-order valence-corrected chi connectivity index (χ4v) is 0.836. The molecule has 1 N–H and O–H groups in total. The van der Waals surface area contributed by atoms with Crippen molar-refractivity contribution in [2.24, 2.45) is 0 Å². The summed E-state index contributed by atoms with van der Waals surface area (Å²) in [7, 11) is 0. The molecule has 0 fully saturated rings. The van der Waals surface area contributed by atoms with Crippen LogP contribution in [0.15, 0.2) is 24.4 Å². The van der Waals surface area contributed by atoms with Crippen LogP contribution in [0.2, 0.25) is 0 Å². The molecule has 78 valence electrons. The highest BCUT2D eigenvalue weighted by Crippen LogP contribution is 2.04. The quantitative estimate of drug-likeness (QED) is 0.693. The lowest BCUT2D eigenvalue weighted by atomic mass is 10.2. The van der Waals surface area contributed by atoms with E-state index in [0.29, 0.717) is 0 Å². The Bertz CT molecular complexity index is 279. The smallest absolute Gasteiger partial charge is 0.332 e. The highest BCUT2D eigenvalue weighted by molar-refractivity contribution is 5.90. The SMILES string of the molecule is C=CC(=O)N(C=C(C)C(=O)O)C(C)C. The van der Waals surface area contributed by atoms with Crippen LogP contribution >= 0.6 is 0 Å². The van der Waals surface area contributed by atoms with Gasteiger partial charge in [0.15, 0.2) is 0 Å². The van der Waals surface area contributed by atoms with Crippen molar-refractivity contribution in [1.82, 2.24) is 4.90 Å². The van der Waals surface area contributed by atoms with E-state index in [1.54, 1.807) is 13.8 Å². The van der Waals surface area contributed by atoms with Gasteiger partial charge in [-0.05, 0) is 26.8 Å². The number of carbonyl (C=O) groups excluding carboxylic acids is 1. The van der Waals surface area contributed by atoms with Gasteiger partial charge in [0.2, 0.25) is 5.91 Å². The monoisotopic (exact) mass is 197 g/mol. The Balaban J connectivity index is 4.86. The Morgan fingerprint density at radius 1 is 1.43 bits per heavy atom. The molecular formula is C10H15NO3. The first-order chi connectivity index (χ1) is 6.40. The van der Waals surface area contributed by atoms with Crippen molar-refractivity contribution in [3.05, 3.63) is 24.4 Å². The highest BCUT2D eigenvalue weighted by Gasteiger charge is 2.13. The van der Waals surface area contributed by atoms with Gasteiger partial charge < -0.3 is 10.0 Å². The topological polar surface area (TPSA) is 57.6 Å². The summed E-state index contributed by atoms with van der Waals surface area (Å²) < 4.78 is 0. The summed E-state index contributed by atoms with van der Waals surface area (Å²) in [5, 5.41) is 8.64. The van der Waals surface area contributed by atoms with E-state index in [1.165, 1.54) is 18.0 Å². The van der Waals surface area contributed by atoms with Crippen LogP contribution in [0.3, 0.4) is 0 Å². The molecule has 4 nitrogen and oxygen atoms in total. The zero-order valence-electron chi connectivity index (χ0n) is 8.65. The molecule has 14 heavy (non-hydrogen) atoms. The number of aliphatic carboxylic acids is 1. The summed E-state index contributed by atoms with van der Waals surface area (Å²) in [5.74, 6) is -1.34. The fourth-order valence-electron chi connectivity index (χ4n) is 0.836. The third-order valence-corrected chi connectivity index (χ3v) is 1.66. The first-order valence-electron chi connectivity index (χ1n) is 4.26. The van der Waals surface area contributed by atoms with Crippen LogP contribution < -0.4 is 0 Å². The fraction of sp³-hybridized carbons (Fsp3) is 0.400. The molecule has 0 aliphatic rings. The van der Waals surface area contributed by atoms with Gasteiger partial charge >= 0.3 is 5.97 Å². The Labute approximate surface area is 83.5 Å². The largest absolute Gasteiger partial charge is 0.478 e. The Morgan fingerprint density at radius 3 is 2.21 bits per heavy atom. The summed E-state index contributed by atoms with van der Waals surface area (Å²) in [5.41, 5.74) is 0.119. The van der Waals surface area contributed by atoms with E-state index in [-0.39, 0.29) is 17.5 Å². The van der Waals surface area contributed by atoms with Gasteiger partial charge in [-0.25, -0.2) is 4.79 Å². The van der Waals surface area contributed by atoms with Crippen molar-refractivity contribution in [2.45, 2.75) is 26.8 Å². The molecule has 0 bridgehead atoms. The Morgan fingerprint density at radius 2 is 1.93 bits per heavy atom. The summed E-state index contributed by atoms with van der Waals surface area (Å²) in [6.45, 7) is 8.38. The number of carboxylic acid groups (broad SMARTS) is 1. The van der Waals surface area contributed by atoms with Crippen LogP contribution in [0.1, 0.15) is 20.8 Å². The van der Waals surface area contributed by atoms with E-state index in [1.807, 2.05) is 0 Å². The molecule has 0 aromatic heterocycles. The third kappa shape index (κ3) is 3.43. The van der Waals surface area contributed by atoms with E-state index < -0.39 is 5.97 Å². The number of hydrogen-bond donors (Lipinski definition) is 1. The lowest BCUT2D eigenvalue weighted by Crippen LogP contribution is -2.31. The van der Waals surface area contributed by atoms with Gasteiger partial charge in [-0.3, -0.25) is 4.79 Å². The lowest BCUT2D eigenvalue weighted by Gasteiger charge is -2.21. The Hall–Kier alpha value is -1.58. The molecule has 0 rings (SSSR count). The minimum absolute atomic E-state index is 0.0881. The van der Waals surface area contributed by atoms with Crippen LogP contribution in [0, 0.1) is 0 Å². The second-order valence-electron chi connectivity index (χ2n) is 3.16. The molecular weight excluding hydrogens is 182 g/mol. The third-order valence-electron chi connectivity index (χ3n) is 1.66. The number of nitrogens with zero attached hydrogens (tertiary/aromatic N) is 1. The molecule has 0 spiro atoms. The average molecular weight is 197 g/mol. The van der Waals surface area contributed by atoms with Gasteiger partial charge in [0, 0.05) is 12.2 Å². The second-order valence-corrected chi connectivity index (χ2v) is 3.16. The number of amides is 1. The van der Waals surface area contributed by atoms with Crippen LogP contribution in [0.4, 0.5) is 0 Å². The van der Waals surface area contributed by atoms with Gasteiger partial charge in [-0.2, -0.15) is 0 Å². The molecule has 0 saturated carbocycles. The number of rotatable bonds is 4. The summed E-state index contributed by atoms with van der Waals surface area (Å²) >= 11 is 0. The zero-order valence-corrected chi connectivity index (χ0v) is 8.65. The minimum atomic E-state index is -1.03. The van der Waals surface area contributed by atoms with Gasteiger partial charge in [0.05, 0.1) is 5.57 Å². The molecule has 0 aliphatic carbocycles. The summed E-state index contributed by atoms with van der Waals surface area (Å²) in [6, 6.07) is -0.0881. The predicted molar refractivity (Wildman–Crippen MR) is 53.6 cm³/mol. The van der Waals surface area contributed by atoms with Crippen molar-refractivity contribution in [1.29, 1.82) is 0 Å². The van der Waals surface area contributed by atoms with E-state index in [4.69, 9.17) is 5.11 Å². The first-order valence-corrected chi connectivity index (χ1v) is 4.26. The molecule has 1 amide bonds. The molecule has 0 atom stereocenters. The van der Waals surface area contributed by atoms with Crippen molar-refractivity contribution in [3.63, 3.8) is 0 Å². The maximum Gasteiger partial charge on any atom is 0.332 e. The standard InChI is InChI=1S/C10H15NO3/c1-5-9(12)11(7(2)3)6-8(4)10(13)14/h5-7H,1H2,2-4H3,(H,13,14). The Kier molecular flexibility index (Phi) is 4.63. The molecule has 0 heterocycles. The maximum atomic E-state index is 11.3. The van der Waals surface area contributed by atoms with Crippen LogP contribution in [0.25, 0.3) is 0 Å². The van der Waals surface area contributed by atoms with Crippen LogP contribution in [-0.4, -0.2) is 27.9 Å². The lowest BCUT2D eigenvalue weighted by molar-refractivity contribution is -0.132. The second kappa shape index (κ2) is 5.21.